The average Bonchev–Trinajstić information content (AvgIpc) is 3.02. The van der Waals surface area contributed by atoms with Crippen molar-refractivity contribution in [2.75, 3.05) is 0 Å². The minimum atomic E-state index is -0.656. The molecule has 1 fully saturated rings. The molecular weight excluding hydrogens is 326 g/mol. The monoisotopic (exact) mass is 344 g/mol. The van der Waals surface area contributed by atoms with E-state index >= 15 is 0 Å². The number of halogens is 2. The summed E-state index contributed by atoms with van der Waals surface area (Å²) in [5.74, 6) is -0.663. The molecule has 0 amide bonds. The minimum Gasteiger partial charge on any atom is -0.409 e. The van der Waals surface area contributed by atoms with E-state index in [4.69, 9.17) is 10.9 Å². The second kappa shape index (κ2) is 5.47. The number of aromatic nitrogens is 2. The van der Waals surface area contributed by atoms with Gasteiger partial charge in [-0.3, -0.25) is 0 Å². The Balaban J connectivity index is 1.84. The van der Waals surface area contributed by atoms with Crippen LogP contribution in [0.25, 0.3) is 11.3 Å². The maximum Gasteiger partial charge on any atom is 0.140 e. The molecular formula is C18H18F2N4O. The smallest absolute Gasteiger partial charge is 0.140 e. The highest BCUT2D eigenvalue weighted by Gasteiger charge is 2.56. The molecule has 3 atom stereocenters. The molecule has 2 aliphatic carbocycles. The first-order valence-corrected chi connectivity index (χ1v) is 8.27. The van der Waals surface area contributed by atoms with Gasteiger partial charge < -0.3 is 10.9 Å². The molecule has 2 aliphatic rings. The van der Waals surface area contributed by atoms with Crippen molar-refractivity contribution in [1.29, 1.82) is 0 Å². The Hall–Kier alpha value is -2.57. The van der Waals surface area contributed by atoms with Crippen LogP contribution in [0.1, 0.15) is 43.4 Å². The van der Waals surface area contributed by atoms with Gasteiger partial charge in [-0.2, -0.15) is 10.2 Å². The zero-order chi connectivity index (χ0) is 17.8. The summed E-state index contributed by atoms with van der Waals surface area (Å²) in [6.07, 6.45) is 2.22. The standard InChI is InChI=1S/C18H18F2N4O/c1-9-10-5-6-18(9,8-15(21)24-25)17-11(10)7-14(22-23-17)16-12(19)3-2-4-13(16)20/h2-4,7,9-10,25H,5-6,8H2,1H3,(H2,21,24). The maximum absolute atomic E-state index is 14.1. The van der Waals surface area contributed by atoms with E-state index < -0.39 is 11.6 Å². The third kappa shape index (κ3) is 2.14. The number of rotatable bonds is 3. The molecule has 4 rings (SSSR count). The summed E-state index contributed by atoms with van der Waals surface area (Å²) in [5, 5.41) is 20.5. The normalized spacial score (nSPS) is 27.6. The van der Waals surface area contributed by atoms with Crippen LogP contribution in [-0.4, -0.2) is 21.2 Å². The zero-order valence-corrected chi connectivity index (χ0v) is 13.7. The van der Waals surface area contributed by atoms with Crippen molar-refractivity contribution in [2.45, 2.75) is 37.5 Å². The van der Waals surface area contributed by atoms with Gasteiger partial charge in [0.15, 0.2) is 0 Å². The number of hydrogen-bond donors (Lipinski definition) is 2. The van der Waals surface area contributed by atoms with Gasteiger partial charge in [0.25, 0.3) is 0 Å². The van der Waals surface area contributed by atoms with Gasteiger partial charge in [0.1, 0.15) is 17.5 Å². The highest BCUT2D eigenvalue weighted by atomic mass is 19.1. The van der Waals surface area contributed by atoms with Gasteiger partial charge in [0.2, 0.25) is 0 Å². The van der Waals surface area contributed by atoms with Crippen LogP contribution in [0.15, 0.2) is 29.4 Å². The maximum atomic E-state index is 14.1. The fourth-order valence-corrected chi connectivity index (χ4v) is 4.67. The number of fused-ring (bicyclic) bond motifs is 5. The van der Waals surface area contributed by atoms with Crippen LogP contribution >= 0.6 is 0 Å². The number of nitrogens with two attached hydrogens (primary N) is 1. The lowest BCUT2D eigenvalue weighted by Crippen LogP contribution is -2.34. The van der Waals surface area contributed by atoms with E-state index in [0.29, 0.717) is 6.42 Å². The Kier molecular flexibility index (Phi) is 3.49. The number of hydrogen-bond acceptors (Lipinski definition) is 4. The van der Waals surface area contributed by atoms with Gasteiger partial charge in [-0.1, -0.05) is 18.1 Å². The molecule has 3 unspecified atom stereocenters. The van der Waals surface area contributed by atoms with E-state index in [0.717, 1.165) is 24.1 Å². The summed E-state index contributed by atoms with van der Waals surface area (Å²) >= 11 is 0. The van der Waals surface area contributed by atoms with Crippen molar-refractivity contribution in [2.24, 2.45) is 16.8 Å². The van der Waals surface area contributed by atoms with E-state index in [1.54, 1.807) is 6.07 Å². The van der Waals surface area contributed by atoms with Crippen LogP contribution in [0.3, 0.4) is 0 Å². The lowest BCUT2D eigenvalue weighted by atomic mass is 9.75. The summed E-state index contributed by atoms with van der Waals surface area (Å²) < 4.78 is 28.2. The van der Waals surface area contributed by atoms with Gasteiger partial charge in [0.05, 0.1) is 17.0 Å². The van der Waals surface area contributed by atoms with Crippen molar-refractivity contribution in [1.82, 2.24) is 10.2 Å². The first-order valence-electron chi connectivity index (χ1n) is 8.27. The molecule has 0 radical (unpaired) electrons. The predicted octanol–water partition coefficient (Wildman–Crippen LogP) is 3.32. The molecule has 7 heteroatoms. The van der Waals surface area contributed by atoms with Crippen LogP contribution in [0.4, 0.5) is 8.78 Å². The molecule has 130 valence electrons. The largest absolute Gasteiger partial charge is 0.409 e. The fraction of sp³-hybridized carbons (Fsp3) is 0.389. The van der Waals surface area contributed by atoms with E-state index in [9.17, 15) is 8.78 Å². The van der Waals surface area contributed by atoms with Crippen LogP contribution in [0, 0.1) is 17.6 Å². The zero-order valence-electron chi connectivity index (χ0n) is 13.7. The van der Waals surface area contributed by atoms with Crippen molar-refractivity contribution in [3.8, 4) is 11.3 Å². The van der Waals surface area contributed by atoms with Crippen molar-refractivity contribution in [3.05, 3.63) is 47.2 Å². The van der Waals surface area contributed by atoms with Crippen LogP contribution in [0.2, 0.25) is 0 Å². The Morgan fingerprint density at radius 3 is 2.76 bits per heavy atom. The second-order valence-corrected chi connectivity index (χ2v) is 6.99. The molecule has 2 aromatic rings. The molecule has 1 saturated carbocycles. The van der Waals surface area contributed by atoms with E-state index in [-0.39, 0.29) is 34.3 Å². The molecule has 3 N–H and O–H groups in total. The summed E-state index contributed by atoms with van der Waals surface area (Å²) in [6, 6.07) is 5.49. The highest BCUT2D eigenvalue weighted by molar-refractivity contribution is 5.81. The molecule has 0 spiro atoms. The Morgan fingerprint density at radius 1 is 1.36 bits per heavy atom. The molecule has 25 heavy (non-hydrogen) atoms. The SMILES string of the molecule is CC1C2CCC1(CC(N)=NO)c1nnc(-c3c(F)cccc3F)cc12. The quantitative estimate of drug-likeness (QED) is 0.387. The molecule has 1 aromatic carbocycles. The van der Waals surface area contributed by atoms with E-state index in [1.807, 2.05) is 0 Å². The number of benzene rings is 1. The third-order valence-electron chi connectivity index (χ3n) is 5.92. The fourth-order valence-electron chi connectivity index (χ4n) is 4.67. The van der Waals surface area contributed by atoms with Gasteiger partial charge in [-0.15, -0.1) is 0 Å². The Labute approximate surface area is 143 Å². The Morgan fingerprint density at radius 2 is 2.08 bits per heavy atom. The molecule has 2 bridgehead atoms. The lowest BCUT2D eigenvalue weighted by molar-refractivity contribution is 0.306. The van der Waals surface area contributed by atoms with Gasteiger partial charge in [0, 0.05) is 11.8 Å². The topological polar surface area (TPSA) is 84.4 Å². The van der Waals surface area contributed by atoms with Crippen molar-refractivity contribution >= 4 is 5.84 Å². The molecule has 1 heterocycles. The average molecular weight is 344 g/mol. The summed E-state index contributed by atoms with van der Waals surface area (Å²) in [5.41, 5.74) is 7.27. The van der Waals surface area contributed by atoms with Gasteiger partial charge in [-0.05, 0) is 48.4 Å². The van der Waals surface area contributed by atoms with Crippen LogP contribution in [0.5, 0.6) is 0 Å². The summed E-state index contributed by atoms with van der Waals surface area (Å²) in [7, 11) is 0. The predicted molar refractivity (Wildman–Crippen MR) is 88.2 cm³/mol. The van der Waals surface area contributed by atoms with Gasteiger partial charge >= 0.3 is 0 Å². The molecule has 0 saturated heterocycles. The number of nitrogens with zero attached hydrogens (tertiary/aromatic N) is 3. The van der Waals surface area contributed by atoms with Gasteiger partial charge in [-0.25, -0.2) is 8.78 Å². The second-order valence-electron chi connectivity index (χ2n) is 6.99. The first kappa shape index (κ1) is 15.9. The summed E-state index contributed by atoms with van der Waals surface area (Å²) in [6.45, 7) is 2.12. The number of amidine groups is 1. The first-order chi connectivity index (χ1) is 12.0. The van der Waals surface area contributed by atoms with E-state index in [2.05, 4.69) is 22.3 Å². The lowest BCUT2D eigenvalue weighted by Gasteiger charge is -2.29. The minimum absolute atomic E-state index is 0.154. The number of oxime groups is 1. The van der Waals surface area contributed by atoms with Crippen LogP contribution in [-0.2, 0) is 5.41 Å². The van der Waals surface area contributed by atoms with Crippen LogP contribution < -0.4 is 5.73 Å². The highest BCUT2D eigenvalue weighted by Crippen LogP contribution is 2.61. The van der Waals surface area contributed by atoms with E-state index in [1.165, 1.54) is 18.2 Å². The summed E-state index contributed by atoms with van der Waals surface area (Å²) in [4.78, 5) is 0. The molecule has 5 nitrogen and oxygen atoms in total. The third-order valence-corrected chi connectivity index (χ3v) is 5.92. The molecule has 0 aliphatic heterocycles. The van der Waals surface area contributed by atoms with Crippen molar-refractivity contribution in [3.63, 3.8) is 0 Å². The Bertz CT molecular complexity index is 865. The molecule has 1 aromatic heterocycles. The van der Waals surface area contributed by atoms with Crippen molar-refractivity contribution < 1.29 is 14.0 Å².